The zero-order chi connectivity index (χ0) is 21.9. The van der Waals surface area contributed by atoms with Gasteiger partial charge in [0.2, 0.25) is 0 Å². The Labute approximate surface area is 463 Å². The van der Waals surface area contributed by atoms with E-state index in [1.54, 1.807) is 0 Å². The van der Waals surface area contributed by atoms with E-state index >= 15 is 0 Å². The summed E-state index contributed by atoms with van der Waals surface area (Å²) in [7, 11) is -10.3. The zero-order valence-corrected chi connectivity index (χ0v) is 44.1. The molecule has 0 amide bonds. The van der Waals surface area contributed by atoms with Gasteiger partial charge in [0.25, 0.3) is 0 Å². The first kappa shape index (κ1) is 159. The minimum Gasteiger partial charge on any atom is -1.00 e. The summed E-state index contributed by atoms with van der Waals surface area (Å²) in [5.74, 6) is 0. The SMILES string of the molecule is O.O.O.O.O.O.O.O.O.O=C(O)O.O=P([O-])([O-])O.O=S(=O)([O-])[O-].OCC1OC(O)C(O)C(O)C1O.[Ca+2].[Cl-].[Cl-].[Cl-].[Cl-].[K+].[Mg+2].[Na+].[Na+].[Na+].[Na]. The van der Waals surface area contributed by atoms with Crippen molar-refractivity contribution in [1.82, 2.24) is 0 Å². The fraction of sp³-hybridized carbons (Fsp3) is 0.857. The molecule has 1 radical (unpaired) electrons. The smallest absolute Gasteiger partial charge is 1.00 e. The molecule has 1 heterocycles. The van der Waals surface area contributed by atoms with Crippen LogP contribution in [0.15, 0.2) is 0 Å². The molecule has 0 bridgehead atoms. The summed E-state index contributed by atoms with van der Waals surface area (Å²) in [4.78, 5) is 32.8. The van der Waals surface area contributed by atoms with Crippen LogP contribution in [0.2, 0.25) is 0 Å². The predicted molar refractivity (Wildman–Crippen MR) is 117 cm³/mol. The number of ether oxygens (including phenoxy) is 1. The second-order valence-corrected chi connectivity index (χ2v) is 5.63. The minimum atomic E-state index is -5.17. The van der Waals surface area contributed by atoms with Crippen molar-refractivity contribution in [3.8, 4) is 0 Å². The number of rotatable bonds is 1. The van der Waals surface area contributed by atoms with E-state index < -0.39 is 61.7 Å². The fourth-order valence-corrected chi connectivity index (χ4v) is 1.08. The van der Waals surface area contributed by atoms with Crippen molar-refractivity contribution in [2.24, 2.45) is 0 Å². The summed E-state index contributed by atoms with van der Waals surface area (Å²) in [6.07, 6.45) is -8.87. The van der Waals surface area contributed by atoms with E-state index in [0.29, 0.717) is 0 Å². The van der Waals surface area contributed by atoms with Crippen LogP contribution in [0, 0.1) is 0 Å². The summed E-state index contributed by atoms with van der Waals surface area (Å²) in [5, 5.41) is 58.6. The molecule has 0 spiro atoms. The average molecular weight is 934 g/mol. The number of carbonyl (C=O) groups is 1. The summed E-state index contributed by atoms with van der Waals surface area (Å²) in [6.45, 7) is -0.526. The molecule has 1 fully saturated rings. The first-order valence-electron chi connectivity index (χ1n) is 5.63. The second-order valence-electron chi connectivity index (χ2n) is 3.88. The van der Waals surface area contributed by atoms with Crippen molar-refractivity contribution < 1.29 is 321 Å². The van der Waals surface area contributed by atoms with Gasteiger partial charge in [-0.3, -0.25) is 8.42 Å². The molecular formula is C7H33CaCl4KMgNa4O26PS. The molecule has 0 saturated carbocycles. The molecule has 1 aliphatic rings. The second kappa shape index (κ2) is 89.2. The molecule has 1 saturated heterocycles. The Morgan fingerprint density at radius 1 is 0.717 bits per heavy atom. The van der Waals surface area contributed by atoms with Gasteiger partial charge in [-0.05, 0) is 0 Å². The van der Waals surface area contributed by atoms with Crippen LogP contribution < -0.4 is 199 Å². The number of halogens is 4. The number of aliphatic hydroxyl groups excluding tert-OH is 5. The van der Waals surface area contributed by atoms with Crippen LogP contribution in [0.3, 0.4) is 0 Å². The molecule has 265 valence electrons. The largest absolute Gasteiger partial charge is 2.00 e. The Morgan fingerprint density at radius 2 is 0.870 bits per heavy atom. The third-order valence-corrected chi connectivity index (χ3v) is 1.87. The van der Waals surface area contributed by atoms with Crippen molar-refractivity contribution in [2.45, 2.75) is 30.7 Å². The van der Waals surface area contributed by atoms with Gasteiger partial charge >= 0.3 is 207 Å². The molecule has 46 heavy (non-hydrogen) atoms. The van der Waals surface area contributed by atoms with E-state index in [9.17, 15) is 0 Å². The normalized spacial score (nSPS) is 15.9. The Morgan fingerprint density at radius 3 is 1.00 bits per heavy atom. The summed E-state index contributed by atoms with van der Waals surface area (Å²) in [6, 6.07) is 0. The van der Waals surface area contributed by atoms with Crippen molar-refractivity contribution in [1.29, 1.82) is 0 Å². The number of carboxylic acid groups (broad SMARTS) is 2. The topological polar surface area (TPSA) is 615 Å². The Hall–Kier alpha value is 7.47. The van der Waals surface area contributed by atoms with Gasteiger partial charge in [0.15, 0.2) is 6.29 Å². The van der Waals surface area contributed by atoms with E-state index in [1.165, 1.54) is 0 Å². The van der Waals surface area contributed by atoms with Gasteiger partial charge in [-0.15, -0.1) is 0 Å². The first-order chi connectivity index (χ1) is 11.3. The molecule has 1 aliphatic heterocycles. The number of hydrogen-bond acceptors (Lipinski definition) is 14. The molecule has 1 rings (SSSR count). The van der Waals surface area contributed by atoms with Crippen molar-refractivity contribution >= 4 is 115 Å². The molecule has 39 heteroatoms. The van der Waals surface area contributed by atoms with E-state index in [-0.39, 0.29) is 329 Å². The van der Waals surface area contributed by atoms with Crippen LogP contribution in [0.5, 0.6) is 0 Å². The van der Waals surface area contributed by atoms with Crippen molar-refractivity contribution in [3.63, 3.8) is 0 Å². The number of hydrogen-bond donors (Lipinski definition) is 8. The maximum Gasteiger partial charge on any atom is 2.00 e. The van der Waals surface area contributed by atoms with Gasteiger partial charge in [0.05, 0.1) is 14.4 Å². The Bertz CT molecular complexity index is 565. The number of phosphoric acid groups is 1. The quantitative estimate of drug-likeness (QED) is 0.0524. The third kappa shape index (κ3) is 151. The first-order valence-corrected chi connectivity index (χ1v) is 8.46. The summed E-state index contributed by atoms with van der Waals surface area (Å²) < 4.78 is 47.3. The molecule has 0 aromatic carbocycles. The maximum absolute atomic E-state index is 9.12. The molecule has 26 N–H and O–H groups in total. The zero-order valence-electron chi connectivity index (χ0n) is 24.6. The van der Waals surface area contributed by atoms with Gasteiger partial charge in [0, 0.05) is 40.0 Å². The Balaban J connectivity index is -0.00000000678. The van der Waals surface area contributed by atoms with Crippen LogP contribution in [0.1, 0.15) is 0 Å². The maximum atomic E-state index is 9.12. The van der Waals surface area contributed by atoms with Crippen molar-refractivity contribution in [3.05, 3.63) is 0 Å². The summed E-state index contributed by atoms with van der Waals surface area (Å²) >= 11 is 0. The average Bonchev–Trinajstić information content (AvgIpc) is 2.36. The molecular weight excluding hydrogens is 900 g/mol. The van der Waals surface area contributed by atoms with Crippen LogP contribution in [-0.4, -0.2) is 241 Å². The van der Waals surface area contributed by atoms with Crippen molar-refractivity contribution in [2.75, 3.05) is 6.61 Å². The van der Waals surface area contributed by atoms with Crippen LogP contribution in [-0.2, 0) is 19.7 Å². The van der Waals surface area contributed by atoms with E-state index in [2.05, 4.69) is 4.74 Å². The van der Waals surface area contributed by atoms with Gasteiger partial charge in [-0.1, -0.05) is 0 Å². The minimum absolute atomic E-state index is 0. The van der Waals surface area contributed by atoms with Gasteiger partial charge < -0.3 is 168 Å². The van der Waals surface area contributed by atoms with E-state index in [1.807, 2.05) is 0 Å². The monoisotopic (exact) mass is 931 g/mol. The molecule has 5 unspecified atom stereocenters. The van der Waals surface area contributed by atoms with E-state index in [4.69, 9.17) is 77.3 Å². The molecule has 0 aromatic rings. The van der Waals surface area contributed by atoms with Crippen LogP contribution in [0.4, 0.5) is 4.79 Å². The van der Waals surface area contributed by atoms with Crippen LogP contribution >= 0.6 is 7.82 Å². The summed E-state index contributed by atoms with van der Waals surface area (Å²) in [5.41, 5.74) is 0. The molecule has 26 nitrogen and oxygen atoms in total. The fourth-order valence-electron chi connectivity index (χ4n) is 1.08. The van der Waals surface area contributed by atoms with Crippen LogP contribution in [0.25, 0.3) is 0 Å². The molecule has 5 atom stereocenters. The van der Waals surface area contributed by atoms with Gasteiger partial charge in [0.1, 0.15) is 24.4 Å². The Kier molecular flexibility index (Phi) is 308. The van der Waals surface area contributed by atoms with Gasteiger partial charge in [-0.2, -0.15) is 0 Å². The number of aliphatic hydroxyl groups is 5. The standard InChI is InChI=1S/C6H12O6.CH2O3.Ca.4ClH.K.Mg.4Na.H3O4P.H2O4S.9H2O/c7-1-2-3(8)4(9)5(10)6(11)12-2;2-1(3)4;;;;;;;;;;;;2*1-5(2,3)4;;;;;;;;;/h2-11H,1H2;(H2,2,3,4);;4*1H;;;;;;;(H3,1,2,3,4);(H2,1,2,3,4);9*1H2/q;;+2;;;;;+1;+2;;3*+1;;;;;;;;;;;/p-8. The molecule has 0 aliphatic carbocycles. The third-order valence-electron chi connectivity index (χ3n) is 1.87. The molecule has 0 aromatic heterocycles. The van der Waals surface area contributed by atoms with Gasteiger partial charge in [-0.25, -0.2) is 4.79 Å². The predicted octanol–water partition coefficient (Wildman–Crippen LogP) is -39.1. The van der Waals surface area contributed by atoms with E-state index in [0.717, 1.165) is 0 Å².